The second-order valence-corrected chi connectivity index (χ2v) is 8.28. The van der Waals surface area contributed by atoms with Gasteiger partial charge in [0.25, 0.3) is 0 Å². The Morgan fingerprint density at radius 1 is 1.00 bits per heavy atom. The van der Waals surface area contributed by atoms with Crippen molar-refractivity contribution < 1.29 is 9.59 Å². The Labute approximate surface area is 193 Å². The summed E-state index contributed by atoms with van der Waals surface area (Å²) < 4.78 is 0. The first-order valence-corrected chi connectivity index (χ1v) is 11.1. The van der Waals surface area contributed by atoms with Gasteiger partial charge in [0, 0.05) is 30.1 Å². The SMILES string of the molecule is CC[C@@H](C(=O)NC)N(Cc1ccc(Cl)cc1Cl)C(=O)CCc1cccc2ccccc12. The van der Waals surface area contributed by atoms with Crippen LogP contribution in [0.15, 0.2) is 60.7 Å². The number of amides is 2. The molecular weight excluding hydrogens is 431 g/mol. The summed E-state index contributed by atoms with van der Waals surface area (Å²) in [7, 11) is 1.58. The molecule has 1 N–H and O–H groups in total. The van der Waals surface area contributed by atoms with Gasteiger partial charge in [-0.05, 0) is 46.9 Å². The smallest absolute Gasteiger partial charge is 0.242 e. The Balaban J connectivity index is 1.85. The molecule has 3 aromatic rings. The second-order valence-electron chi connectivity index (χ2n) is 7.43. The fourth-order valence-electron chi connectivity index (χ4n) is 3.82. The zero-order chi connectivity index (χ0) is 22.4. The topological polar surface area (TPSA) is 49.4 Å². The highest BCUT2D eigenvalue weighted by Crippen LogP contribution is 2.25. The molecule has 162 valence electrons. The van der Waals surface area contributed by atoms with Gasteiger partial charge in [-0.15, -0.1) is 0 Å². The molecule has 0 saturated heterocycles. The van der Waals surface area contributed by atoms with Gasteiger partial charge in [0.1, 0.15) is 6.04 Å². The van der Waals surface area contributed by atoms with E-state index in [1.807, 2.05) is 31.2 Å². The summed E-state index contributed by atoms with van der Waals surface area (Å²) in [4.78, 5) is 27.5. The third-order valence-corrected chi connectivity index (χ3v) is 6.06. The lowest BCUT2D eigenvalue weighted by Crippen LogP contribution is -2.48. The lowest BCUT2D eigenvalue weighted by molar-refractivity contribution is -0.141. The fourth-order valence-corrected chi connectivity index (χ4v) is 4.28. The van der Waals surface area contributed by atoms with E-state index in [0.29, 0.717) is 29.3 Å². The van der Waals surface area contributed by atoms with Gasteiger partial charge in [0.05, 0.1) is 0 Å². The predicted octanol–water partition coefficient (Wildman–Crippen LogP) is 5.63. The van der Waals surface area contributed by atoms with Gasteiger partial charge in [-0.1, -0.05) is 78.7 Å². The van der Waals surface area contributed by atoms with Crippen LogP contribution in [0.4, 0.5) is 0 Å². The third kappa shape index (κ3) is 5.57. The van der Waals surface area contributed by atoms with E-state index in [9.17, 15) is 9.59 Å². The van der Waals surface area contributed by atoms with Crippen molar-refractivity contribution in [3.8, 4) is 0 Å². The maximum atomic E-state index is 13.3. The third-order valence-electron chi connectivity index (χ3n) is 5.48. The average molecular weight is 457 g/mol. The molecule has 0 radical (unpaired) electrons. The van der Waals surface area contributed by atoms with Crippen molar-refractivity contribution in [2.45, 2.75) is 38.8 Å². The van der Waals surface area contributed by atoms with Crippen molar-refractivity contribution in [2.75, 3.05) is 7.05 Å². The number of likely N-dealkylation sites (N-methyl/N-ethyl adjacent to an activating group) is 1. The Hall–Kier alpha value is -2.56. The lowest BCUT2D eigenvalue weighted by Gasteiger charge is -2.30. The number of nitrogens with zero attached hydrogens (tertiary/aromatic N) is 1. The van der Waals surface area contributed by atoms with Gasteiger partial charge in [-0.2, -0.15) is 0 Å². The summed E-state index contributed by atoms with van der Waals surface area (Å²) in [5.74, 6) is -0.277. The first-order chi connectivity index (χ1) is 14.9. The Morgan fingerprint density at radius 3 is 2.45 bits per heavy atom. The van der Waals surface area contributed by atoms with Gasteiger partial charge in [0.15, 0.2) is 0 Å². The standard InChI is InChI=1S/C25H26Cl2N2O2/c1-3-23(25(31)28-2)29(16-19-11-13-20(26)15-22(19)27)24(30)14-12-18-9-6-8-17-7-4-5-10-21(17)18/h4-11,13,15,23H,3,12,14,16H2,1-2H3,(H,28,31)/t23-/m0/s1. The molecular formula is C25H26Cl2N2O2. The van der Waals surface area contributed by atoms with E-state index < -0.39 is 6.04 Å². The maximum Gasteiger partial charge on any atom is 0.242 e. The van der Waals surface area contributed by atoms with Crippen molar-refractivity contribution in [2.24, 2.45) is 0 Å². The first kappa shape index (κ1) is 23.1. The van der Waals surface area contributed by atoms with E-state index in [1.54, 1.807) is 30.1 Å². The molecule has 0 spiro atoms. The number of aryl methyl sites for hydroxylation is 1. The number of hydrogen-bond donors (Lipinski definition) is 1. The van der Waals surface area contributed by atoms with E-state index in [-0.39, 0.29) is 18.4 Å². The number of halogens is 2. The van der Waals surface area contributed by atoms with Crippen molar-refractivity contribution in [3.63, 3.8) is 0 Å². The summed E-state index contributed by atoms with van der Waals surface area (Å²) in [6.07, 6.45) is 1.40. The molecule has 0 aliphatic rings. The van der Waals surface area contributed by atoms with Crippen molar-refractivity contribution in [3.05, 3.63) is 81.8 Å². The molecule has 0 aliphatic heterocycles. The fraction of sp³-hybridized carbons (Fsp3) is 0.280. The van der Waals surface area contributed by atoms with Crippen molar-refractivity contribution in [1.82, 2.24) is 10.2 Å². The molecule has 0 saturated carbocycles. The van der Waals surface area contributed by atoms with E-state index in [2.05, 4.69) is 23.5 Å². The molecule has 3 aromatic carbocycles. The van der Waals surface area contributed by atoms with Gasteiger partial charge in [-0.25, -0.2) is 0 Å². The van der Waals surface area contributed by atoms with Gasteiger partial charge in [0.2, 0.25) is 11.8 Å². The summed E-state index contributed by atoms with van der Waals surface area (Å²) in [6, 6.07) is 18.9. The van der Waals surface area contributed by atoms with E-state index in [1.165, 1.54) is 0 Å². The summed E-state index contributed by atoms with van der Waals surface area (Å²) in [6.45, 7) is 2.14. The average Bonchev–Trinajstić information content (AvgIpc) is 2.78. The molecule has 0 aliphatic carbocycles. The molecule has 4 nitrogen and oxygen atoms in total. The lowest BCUT2D eigenvalue weighted by atomic mass is 10.00. The molecule has 0 unspecified atom stereocenters. The Bertz CT molecular complexity index is 1080. The molecule has 0 heterocycles. The van der Waals surface area contributed by atoms with Crippen LogP contribution < -0.4 is 5.32 Å². The second kappa shape index (κ2) is 10.7. The highest BCUT2D eigenvalue weighted by molar-refractivity contribution is 6.35. The van der Waals surface area contributed by atoms with Crippen LogP contribution in [0.5, 0.6) is 0 Å². The van der Waals surface area contributed by atoms with E-state index in [4.69, 9.17) is 23.2 Å². The highest BCUT2D eigenvalue weighted by Gasteiger charge is 2.28. The minimum absolute atomic E-state index is 0.0885. The van der Waals surface area contributed by atoms with Gasteiger partial charge < -0.3 is 10.2 Å². The quantitative estimate of drug-likeness (QED) is 0.477. The summed E-state index contributed by atoms with van der Waals surface area (Å²) >= 11 is 12.4. The molecule has 0 aromatic heterocycles. The van der Waals surface area contributed by atoms with Crippen LogP contribution >= 0.6 is 23.2 Å². The minimum Gasteiger partial charge on any atom is -0.357 e. The van der Waals surface area contributed by atoms with Gasteiger partial charge >= 0.3 is 0 Å². The van der Waals surface area contributed by atoms with E-state index in [0.717, 1.165) is 21.9 Å². The highest BCUT2D eigenvalue weighted by atomic mass is 35.5. The predicted molar refractivity (Wildman–Crippen MR) is 127 cm³/mol. The number of benzene rings is 3. The molecule has 0 fully saturated rings. The Kier molecular flexibility index (Phi) is 7.94. The zero-order valence-corrected chi connectivity index (χ0v) is 19.2. The van der Waals surface area contributed by atoms with Crippen LogP contribution in [0, 0.1) is 0 Å². The van der Waals surface area contributed by atoms with Gasteiger partial charge in [-0.3, -0.25) is 9.59 Å². The minimum atomic E-state index is -0.572. The summed E-state index contributed by atoms with van der Waals surface area (Å²) in [5, 5.41) is 5.97. The first-order valence-electron chi connectivity index (χ1n) is 10.4. The number of hydrogen-bond acceptors (Lipinski definition) is 2. The molecule has 0 bridgehead atoms. The van der Waals surface area contributed by atoms with Crippen LogP contribution in [0.2, 0.25) is 10.0 Å². The maximum absolute atomic E-state index is 13.3. The number of carbonyl (C=O) groups excluding carboxylic acids is 2. The number of nitrogens with one attached hydrogen (secondary N) is 1. The van der Waals surface area contributed by atoms with Crippen LogP contribution in [-0.2, 0) is 22.6 Å². The van der Waals surface area contributed by atoms with Crippen LogP contribution in [-0.4, -0.2) is 29.8 Å². The number of carbonyl (C=O) groups is 2. The number of rotatable bonds is 8. The van der Waals surface area contributed by atoms with Crippen molar-refractivity contribution >= 4 is 45.8 Å². The molecule has 1 atom stereocenters. The Morgan fingerprint density at radius 2 is 1.74 bits per heavy atom. The molecule has 3 rings (SSSR count). The van der Waals surface area contributed by atoms with Crippen LogP contribution in [0.1, 0.15) is 30.9 Å². The normalized spacial score (nSPS) is 11.9. The summed E-state index contributed by atoms with van der Waals surface area (Å²) in [5.41, 5.74) is 1.87. The van der Waals surface area contributed by atoms with E-state index >= 15 is 0 Å². The molecule has 6 heteroatoms. The van der Waals surface area contributed by atoms with Crippen LogP contribution in [0.25, 0.3) is 10.8 Å². The van der Waals surface area contributed by atoms with Crippen molar-refractivity contribution in [1.29, 1.82) is 0 Å². The monoisotopic (exact) mass is 456 g/mol. The zero-order valence-electron chi connectivity index (χ0n) is 17.7. The molecule has 31 heavy (non-hydrogen) atoms. The van der Waals surface area contributed by atoms with Crippen LogP contribution in [0.3, 0.4) is 0 Å². The molecule has 2 amide bonds. The largest absolute Gasteiger partial charge is 0.357 e. The number of fused-ring (bicyclic) bond motifs is 1.